The van der Waals surface area contributed by atoms with Gasteiger partial charge >= 0.3 is 0 Å². The summed E-state index contributed by atoms with van der Waals surface area (Å²) in [5.74, 6) is 1.50. The maximum Gasteiger partial charge on any atom is 0.233 e. The van der Waals surface area contributed by atoms with Crippen molar-refractivity contribution in [3.05, 3.63) is 53.0 Å². The third kappa shape index (κ3) is 5.19. The van der Waals surface area contributed by atoms with Crippen molar-refractivity contribution in [2.24, 2.45) is 0 Å². The summed E-state index contributed by atoms with van der Waals surface area (Å²) in [6, 6.07) is 15.7. The molecule has 0 aliphatic heterocycles. The van der Waals surface area contributed by atoms with Gasteiger partial charge in [0.1, 0.15) is 5.75 Å². The van der Waals surface area contributed by atoms with E-state index >= 15 is 0 Å². The first-order valence-electron chi connectivity index (χ1n) is 9.42. The van der Waals surface area contributed by atoms with Crippen LogP contribution in [0.3, 0.4) is 0 Å². The molecule has 1 atom stereocenters. The summed E-state index contributed by atoms with van der Waals surface area (Å²) in [5, 5.41) is 12.0. The van der Waals surface area contributed by atoms with Gasteiger partial charge in [0, 0.05) is 22.3 Å². The van der Waals surface area contributed by atoms with Crippen molar-refractivity contribution < 1.29 is 9.53 Å². The fourth-order valence-electron chi connectivity index (χ4n) is 2.75. The van der Waals surface area contributed by atoms with Crippen LogP contribution in [0.4, 0.5) is 0 Å². The first-order valence-corrected chi connectivity index (χ1v) is 11.1. The molecule has 0 saturated heterocycles. The molecule has 2 aromatic carbocycles. The number of nitrogens with zero attached hydrogens (tertiary/aromatic N) is 3. The molecule has 1 heterocycles. The third-order valence-corrected chi connectivity index (χ3v) is 5.72. The summed E-state index contributed by atoms with van der Waals surface area (Å²) in [6.07, 6.45) is 0. The van der Waals surface area contributed by atoms with Crippen molar-refractivity contribution in [3.8, 4) is 22.8 Å². The van der Waals surface area contributed by atoms with Gasteiger partial charge in [-0.3, -0.25) is 9.36 Å². The van der Waals surface area contributed by atoms with Crippen molar-refractivity contribution in [3.63, 3.8) is 0 Å². The molecule has 29 heavy (non-hydrogen) atoms. The number of carbonyl (C=O) groups excluding carboxylic acids is 1. The molecular formula is C21H23BrN4O2S. The van der Waals surface area contributed by atoms with E-state index in [-0.39, 0.29) is 11.2 Å². The maximum absolute atomic E-state index is 12.2. The van der Waals surface area contributed by atoms with Crippen LogP contribution in [0.1, 0.15) is 20.8 Å². The van der Waals surface area contributed by atoms with Crippen molar-refractivity contribution in [2.45, 2.75) is 31.2 Å². The number of amides is 1. The zero-order valence-electron chi connectivity index (χ0n) is 16.6. The molecule has 152 valence electrons. The summed E-state index contributed by atoms with van der Waals surface area (Å²) < 4.78 is 8.52. The lowest BCUT2D eigenvalue weighted by Gasteiger charge is -2.14. The average Bonchev–Trinajstić information content (AvgIpc) is 3.13. The number of hydrogen-bond donors (Lipinski definition) is 1. The minimum absolute atomic E-state index is 0.0241. The van der Waals surface area contributed by atoms with E-state index in [1.807, 2.05) is 73.9 Å². The van der Waals surface area contributed by atoms with E-state index in [0.29, 0.717) is 24.1 Å². The predicted molar refractivity (Wildman–Crippen MR) is 120 cm³/mol. The highest BCUT2D eigenvalue weighted by Gasteiger charge is 2.21. The number of rotatable bonds is 8. The van der Waals surface area contributed by atoms with E-state index in [0.717, 1.165) is 21.5 Å². The molecule has 0 spiro atoms. The number of benzene rings is 2. The van der Waals surface area contributed by atoms with Crippen LogP contribution in [0.2, 0.25) is 0 Å². The third-order valence-electron chi connectivity index (χ3n) is 4.14. The van der Waals surface area contributed by atoms with E-state index in [1.165, 1.54) is 11.8 Å². The largest absolute Gasteiger partial charge is 0.494 e. The molecule has 8 heteroatoms. The molecule has 1 N–H and O–H groups in total. The average molecular weight is 475 g/mol. The molecular weight excluding hydrogens is 452 g/mol. The fraction of sp³-hybridized carbons (Fsp3) is 0.286. The molecule has 0 radical (unpaired) electrons. The lowest BCUT2D eigenvalue weighted by Crippen LogP contribution is -2.30. The molecule has 1 unspecified atom stereocenters. The quantitative estimate of drug-likeness (QED) is 0.478. The normalized spacial score (nSPS) is 11.9. The molecule has 0 aliphatic rings. The Kier molecular flexibility index (Phi) is 7.33. The molecule has 0 fully saturated rings. The molecule has 6 nitrogen and oxygen atoms in total. The lowest BCUT2D eigenvalue weighted by atomic mass is 10.2. The van der Waals surface area contributed by atoms with E-state index in [1.54, 1.807) is 0 Å². The van der Waals surface area contributed by atoms with Gasteiger partial charge in [0.15, 0.2) is 11.0 Å². The second-order valence-corrected chi connectivity index (χ2v) is 8.45. The van der Waals surface area contributed by atoms with Crippen molar-refractivity contribution in [1.82, 2.24) is 20.1 Å². The molecule has 3 rings (SSSR count). The van der Waals surface area contributed by atoms with Crippen LogP contribution in [-0.2, 0) is 4.79 Å². The monoisotopic (exact) mass is 474 g/mol. The van der Waals surface area contributed by atoms with Crippen LogP contribution in [-0.4, -0.2) is 39.1 Å². The zero-order chi connectivity index (χ0) is 20.8. The van der Waals surface area contributed by atoms with Crippen LogP contribution in [0, 0.1) is 0 Å². The number of hydrogen-bond acceptors (Lipinski definition) is 5. The first-order chi connectivity index (χ1) is 14.0. The lowest BCUT2D eigenvalue weighted by molar-refractivity contribution is -0.120. The molecule has 0 saturated carbocycles. The Bertz CT molecular complexity index is 958. The molecule has 1 aromatic heterocycles. The van der Waals surface area contributed by atoms with E-state index < -0.39 is 0 Å². The highest BCUT2D eigenvalue weighted by Crippen LogP contribution is 2.31. The Hall–Kier alpha value is -2.32. The van der Waals surface area contributed by atoms with Gasteiger partial charge in [-0.15, -0.1) is 10.2 Å². The summed E-state index contributed by atoms with van der Waals surface area (Å²) in [4.78, 5) is 12.2. The number of halogens is 1. The van der Waals surface area contributed by atoms with Gasteiger partial charge in [0.25, 0.3) is 0 Å². The second-order valence-electron chi connectivity index (χ2n) is 6.23. The summed E-state index contributed by atoms with van der Waals surface area (Å²) in [6.45, 7) is 6.94. The van der Waals surface area contributed by atoms with E-state index in [9.17, 15) is 4.79 Å². The van der Waals surface area contributed by atoms with Crippen LogP contribution in [0.25, 0.3) is 17.1 Å². The van der Waals surface area contributed by atoms with Crippen LogP contribution in [0.5, 0.6) is 5.75 Å². The van der Waals surface area contributed by atoms with Crippen LogP contribution < -0.4 is 10.1 Å². The van der Waals surface area contributed by atoms with Gasteiger partial charge in [-0.25, -0.2) is 0 Å². The highest BCUT2D eigenvalue weighted by molar-refractivity contribution is 9.10. The van der Waals surface area contributed by atoms with Crippen LogP contribution in [0.15, 0.2) is 58.2 Å². The Morgan fingerprint density at radius 1 is 1.14 bits per heavy atom. The van der Waals surface area contributed by atoms with E-state index in [2.05, 4.69) is 31.4 Å². The second kappa shape index (κ2) is 9.93. The number of ether oxygens (including phenoxy) is 1. The van der Waals surface area contributed by atoms with Crippen molar-refractivity contribution in [2.75, 3.05) is 13.2 Å². The Morgan fingerprint density at radius 2 is 1.83 bits per heavy atom. The number of aromatic nitrogens is 3. The highest BCUT2D eigenvalue weighted by atomic mass is 79.9. The Labute approximate surface area is 183 Å². The smallest absolute Gasteiger partial charge is 0.233 e. The summed E-state index contributed by atoms with van der Waals surface area (Å²) in [7, 11) is 0. The molecule has 0 bridgehead atoms. The van der Waals surface area contributed by atoms with Gasteiger partial charge < -0.3 is 10.1 Å². The topological polar surface area (TPSA) is 69.0 Å². The van der Waals surface area contributed by atoms with Gasteiger partial charge in [-0.05, 0) is 57.2 Å². The minimum atomic E-state index is -0.293. The standard InChI is InChI=1S/C21H23BrN4O2S/c1-4-23-20(27)14(3)29-21-25-24-19(15-6-8-16(22)9-7-15)26(21)17-10-12-18(13-11-17)28-5-2/h6-14H,4-5H2,1-3H3,(H,23,27). The minimum Gasteiger partial charge on any atom is -0.494 e. The number of nitrogens with one attached hydrogen (secondary N) is 1. The molecule has 1 amide bonds. The SMILES string of the molecule is CCNC(=O)C(C)Sc1nnc(-c2ccc(Br)cc2)n1-c1ccc(OCC)cc1. The van der Waals surface area contributed by atoms with Crippen molar-refractivity contribution in [1.29, 1.82) is 0 Å². The van der Waals surface area contributed by atoms with Gasteiger partial charge in [0.05, 0.1) is 11.9 Å². The van der Waals surface area contributed by atoms with Crippen molar-refractivity contribution >= 4 is 33.6 Å². The Morgan fingerprint density at radius 3 is 2.45 bits per heavy atom. The van der Waals surface area contributed by atoms with Gasteiger partial charge in [-0.1, -0.05) is 39.8 Å². The number of carbonyl (C=O) groups is 1. The molecule has 0 aliphatic carbocycles. The van der Waals surface area contributed by atoms with E-state index in [4.69, 9.17) is 4.74 Å². The zero-order valence-corrected chi connectivity index (χ0v) is 19.0. The molecule has 3 aromatic rings. The van der Waals surface area contributed by atoms with Gasteiger partial charge in [-0.2, -0.15) is 0 Å². The fourth-order valence-corrected chi connectivity index (χ4v) is 3.91. The number of thioether (sulfide) groups is 1. The van der Waals surface area contributed by atoms with Crippen LogP contribution >= 0.6 is 27.7 Å². The predicted octanol–water partition coefficient (Wildman–Crippen LogP) is 4.71. The summed E-state index contributed by atoms with van der Waals surface area (Å²) >= 11 is 4.85. The first kappa shape index (κ1) is 21.4. The Balaban J connectivity index is 2.02. The van der Waals surface area contributed by atoms with Gasteiger partial charge in [0.2, 0.25) is 5.91 Å². The summed E-state index contributed by atoms with van der Waals surface area (Å²) in [5.41, 5.74) is 1.84. The maximum atomic E-state index is 12.2.